The highest BCUT2D eigenvalue weighted by Gasteiger charge is 2.29. The van der Waals surface area contributed by atoms with Gasteiger partial charge in [-0.15, -0.1) is 0 Å². The van der Waals surface area contributed by atoms with Crippen LogP contribution in [0.4, 0.5) is 0 Å². The van der Waals surface area contributed by atoms with E-state index >= 15 is 0 Å². The van der Waals surface area contributed by atoms with Gasteiger partial charge in [-0.05, 0) is 44.7 Å². The third-order valence-electron chi connectivity index (χ3n) is 6.12. The summed E-state index contributed by atoms with van der Waals surface area (Å²) in [5, 5.41) is 0. The molecule has 0 aromatic carbocycles. The monoisotopic (exact) mass is 295 g/mol. The lowest BCUT2D eigenvalue weighted by molar-refractivity contribution is -0.909. The molecule has 2 heterocycles. The van der Waals surface area contributed by atoms with E-state index in [-0.39, 0.29) is 0 Å². The maximum Gasteiger partial charge on any atom is 0.0799 e. The van der Waals surface area contributed by atoms with Crippen molar-refractivity contribution in [3.8, 4) is 0 Å². The molecule has 2 fully saturated rings. The molecule has 2 saturated heterocycles. The fourth-order valence-corrected chi connectivity index (χ4v) is 4.33. The number of rotatable bonds is 7. The van der Waals surface area contributed by atoms with Gasteiger partial charge in [-0.1, -0.05) is 33.6 Å². The van der Waals surface area contributed by atoms with Gasteiger partial charge in [0.2, 0.25) is 0 Å². The minimum Gasteiger partial charge on any atom is -0.335 e. The highest BCUT2D eigenvalue weighted by atomic mass is 15.2. The number of nitrogens with one attached hydrogen (secondary N) is 1. The van der Waals surface area contributed by atoms with Crippen LogP contribution in [0.1, 0.15) is 72.1 Å². The molecular formula is C19H39N2+. The Labute approximate surface area is 133 Å². The number of unbranched alkanes of at least 4 members (excludes halogenated alkanes) is 1. The lowest BCUT2D eigenvalue weighted by Gasteiger charge is -2.40. The van der Waals surface area contributed by atoms with E-state index < -0.39 is 0 Å². The maximum atomic E-state index is 2.81. The van der Waals surface area contributed by atoms with Crippen LogP contribution in [-0.2, 0) is 0 Å². The van der Waals surface area contributed by atoms with Crippen molar-refractivity contribution >= 4 is 0 Å². The Morgan fingerprint density at radius 3 is 2.29 bits per heavy atom. The minimum absolute atomic E-state index is 0.914. The molecular weight excluding hydrogens is 256 g/mol. The van der Waals surface area contributed by atoms with E-state index in [1.54, 1.807) is 0 Å². The number of nitrogens with zero attached hydrogens (tertiary/aromatic N) is 1. The summed E-state index contributed by atoms with van der Waals surface area (Å²) in [4.78, 5) is 4.71. The molecule has 0 radical (unpaired) electrons. The molecule has 2 aliphatic heterocycles. The summed E-state index contributed by atoms with van der Waals surface area (Å²) in [6.45, 7) is 14.2. The number of hydrogen-bond acceptors (Lipinski definition) is 1. The molecule has 0 aromatic heterocycles. The van der Waals surface area contributed by atoms with E-state index in [1.807, 2.05) is 4.90 Å². The van der Waals surface area contributed by atoms with Gasteiger partial charge in [-0.25, -0.2) is 0 Å². The largest absolute Gasteiger partial charge is 0.335 e. The Kier molecular flexibility index (Phi) is 7.53. The van der Waals surface area contributed by atoms with Gasteiger partial charge in [-0.2, -0.15) is 0 Å². The lowest BCUT2D eigenvalue weighted by atomic mass is 9.93. The molecule has 0 aromatic rings. The molecule has 1 atom stereocenters. The standard InChI is InChI=1S/C19H38N2/c1-4-6-7-18(5-2)16-20-12-10-19(11-13-20)21-14-8-17(3)9-15-21/h17-19H,4-16H2,1-3H3/p+1. The summed E-state index contributed by atoms with van der Waals surface area (Å²) in [5.74, 6) is 1.95. The lowest BCUT2D eigenvalue weighted by Crippen LogP contribution is -3.14. The molecule has 0 saturated carbocycles. The van der Waals surface area contributed by atoms with Crippen molar-refractivity contribution in [3.05, 3.63) is 0 Å². The van der Waals surface area contributed by atoms with Crippen LogP contribution in [-0.4, -0.2) is 43.7 Å². The topological polar surface area (TPSA) is 7.68 Å². The van der Waals surface area contributed by atoms with Gasteiger partial charge in [0.1, 0.15) is 0 Å². The molecule has 2 heteroatoms. The predicted octanol–water partition coefficient (Wildman–Crippen LogP) is 2.98. The second-order valence-electron chi connectivity index (χ2n) is 7.82. The third kappa shape index (κ3) is 5.56. The molecule has 0 amide bonds. The first-order valence-electron chi connectivity index (χ1n) is 9.80. The zero-order chi connectivity index (χ0) is 15.1. The number of piperidine rings is 2. The Bertz CT molecular complexity index is 263. The fourth-order valence-electron chi connectivity index (χ4n) is 4.33. The van der Waals surface area contributed by atoms with Crippen LogP contribution in [0.5, 0.6) is 0 Å². The second kappa shape index (κ2) is 9.15. The van der Waals surface area contributed by atoms with Gasteiger partial charge in [-0.3, -0.25) is 4.90 Å². The van der Waals surface area contributed by atoms with Crippen molar-refractivity contribution in [2.45, 2.75) is 78.2 Å². The summed E-state index contributed by atoms with van der Waals surface area (Å²) in [5.41, 5.74) is 0. The van der Waals surface area contributed by atoms with Crippen LogP contribution in [0, 0.1) is 11.8 Å². The SMILES string of the molecule is CCCCC(CC)C[NH+]1CCC(N2CCC(C)CC2)CC1. The second-order valence-corrected chi connectivity index (χ2v) is 7.82. The number of hydrogen-bond donors (Lipinski definition) is 1. The van der Waals surface area contributed by atoms with E-state index in [9.17, 15) is 0 Å². The molecule has 21 heavy (non-hydrogen) atoms. The van der Waals surface area contributed by atoms with E-state index in [4.69, 9.17) is 0 Å². The van der Waals surface area contributed by atoms with Gasteiger partial charge >= 0.3 is 0 Å². The first-order valence-corrected chi connectivity index (χ1v) is 9.80. The first kappa shape index (κ1) is 17.3. The molecule has 1 unspecified atom stereocenters. The van der Waals surface area contributed by atoms with Gasteiger partial charge in [0.15, 0.2) is 0 Å². The van der Waals surface area contributed by atoms with Crippen molar-refractivity contribution in [2.75, 3.05) is 32.7 Å². The van der Waals surface area contributed by atoms with Crippen LogP contribution < -0.4 is 4.90 Å². The maximum absolute atomic E-state index is 2.81. The highest BCUT2D eigenvalue weighted by Crippen LogP contribution is 2.21. The highest BCUT2D eigenvalue weighted by molar-refractivity contribution is 4.78. The van der Waals surface area contributed by atoms with E-state index in [0.29, 0.717) is 0 Å². The normalized spacial score (nSPS) is 30.4. The van der Waals surface area contributed by atoms with Crippen molar-refractivity contribution < 1.29 is 4.90 Å². The molecule has 2 aliphatic rings. The molecule has 124 valence electrons. The Morgan fingerprint density at radius 2 is 1.71 bits per heavy atom. The first-order chi connectivity index (χ1) is 10.2. The van der Waals surface area contributed by atoms with Crippen LogP contribution in [0.25, 0.3) is 0 Å². The van der Waals surface area contributed by atoms with Gasteiger partial charge in [0.05, 0.1) is 19.6 Å². The van der Waals surface area contributed by atoms with Crippen molar-refractivity contribution in [1.82, 2.24) is 4.90 Å². The molecule has 0 bridgehead atoms. The predicted molar refractivity (Wildman–Crippen MR) is 91.9 cm³/mol. The average molecular weight is 296 g/mol. The minimum atomic E-state index is 0.914. The van der Waals surface area contributed by atoms with Crippen LogP contribution in [0.3, 0.4) is 0 Å². The van der Waals surface area contributed by atoms with Gasteiger partial charge in [0, 0.05) is 24.8 Å². The Balaban J connectivity index is 1.67. The third-order valence-corrected chi connectivity index (χ3v) is 6.12. The van der Waals surface area contributed by atoms with Crippen LogP contribution >= 0.6 is 0 Å². The van der Waals surface area contributed by atoms with Crippen LogP contribution in [0.15, 0.2) is 0 Å². The zero-order valence-electron chi connectivity index (χ0n) is 14.9. The quantitative estimate of drug-likeness (QED) is 0.759. The van der Waals surface area contributed by atoms with Crippen molar-refractivity contribution in [1.29, 1.82) is 0 Å². The molecule has 2 nitrogen and oxygen atoms in total. The van der Waals surface area contributed by atoms with E-state index in [2.05, 4.69) is 25.7 Å². The van der Waals surface area contributed by atoms with Gasteiger partial charge < -0.3 is 4.90 Å². The zero-order valence-corrected chi connectivity index (χ0v) is 14.9. The summed E-state index contributed by atoms with van der Waals surface area (Å²) in [6, 6.07) is 0.914. The van der Waals surface area contributed by atoms with E-state index in [1.165, 1.54) is 84.1 Å². The van der Waals surface area contributed by atoms with Crippen LogP contribution in [0.2, 0.25) is 0 Å². The molecule has 1 N–H and O–H groups in total. The van der Waals surface area contributed by atoms with Gasteiger partial charge in [0.25, 0.3) is 0 Å². The fraction of sp³-hybridized carbons (Fsp3) is 1.00. The summed E-state index contributed by atoms with van der Waals surface area (Å²) in [7, 11) is 0. The van der Waals surface area contributed by atoms with Crippen molar-refractivity contribution in [3.63, 3.8) is 0 Å². The van der Waals surface area contributed by atoms with E-state index in [0.717, 1.165) is 17.9 Å². The summed E-state index contributed by atoms with van der Waals surface area (Å²) < 4.78 is 0. The molecule has 2 rings (SSSR count). The van der Waals surface area contributed by atoms with Crippen molar-refractivity contribution in [2.24, 2.45) is 11.8 Å². The smallest absolute Gasteiger partial charge is 0.0799 e. The summed E-state index contributed by atoms with van der Waals surface area (Å²) in [6.07, 6.45) is 11.4. The Morgan fingerprint density at radius 1 is 1.05 bits per heavy atom. The molecule has 0 aliphatic carbocycles. The molecule has 0 spiro atoms. The average Bonchev–Trinajstić information content (AvgIpc) is 2.53. The summed E-state index contributed by atoms with van der Waals surface area (Å²) >= 11 is 0. The Hall–Kier alpha value is -0.0800. The number of quaternary nitrogens is 1. The number of likely N-dealkylation sites (tertiary alicyclic amines) is 2.